The van der Waals surface area contributed by atoms with E-state index in [2.05, 4.69) is 6.07 Å². The van der Waals surface area contributed by atoms with Crippen LogP contribution in [0.4, 0.5) is 0 Å². The minimum absolute atomic E-state index is 0.519. The Morgan fingerprint density at radius 2 is 1.82 bits per heavy atom. The molecule has 1 aliphatic heterocycles. The molecule has 1 N–H and O–H groups in total. The van der Waals surface area contributed by atoms with Gasteiger partial charge in [0.15, 0.2) is 0 Å². The van der Waals surface area contributed by atoms with Crippen LogP contribution in [0.1, 0.15) is 5.56 Å². The van der Waals surface area contributed by atoms with Gasteiger partial charge in [0, 0.05) is 0 Å². The minimum atomic E-state index is -0.733. The summed E-state index contributed by atoms with van der Waals surface area (Å²) in [6.07, 6.45) is 0. The lowest BCUT2D eigenvalue weighted by Gasteiger charge is -2.22. The first kappa shape index (κ1) is 9.94. The molecule has 0 saturated heterocycles. The van der Waals surface area contributed by atoms with Crippen LogP contribution in [0, 0.1) is 11.3 Å². The maximum atomic E-state index is 10.2. The molecule has 0 atom stereocenters. The number of hydrogen-bond donors (Lipinski definition) is 1. The number of nitrogens with zero attached hydrogens (tertiary/aromatic N) is 1. The van der Waals surface area contributed by atoms with Crippen LogP contribution in [0.5, 0.6) is 11.5 Å². The van der Waals surface area contributed by atoms with Crippen molar-refractivity contribution in [3.05, 3.63) is 48.0 Å². The molecule has 3 rings (SSSR count). The van der Waals surface area contributed by atoms with E-state index in [1.54, 1.807) is 18.2 Å². The minimum Gasteiger partial charge on any atom is -0.458 e. The second-order valence-corrected chi connectivity index (χ2v) is 3.91. The van der Waals surface area contributed by atoms with E-state index >= 15 is 0 Å². The number of ether oxygens (including phenoxy) is 1. The number of fused-ring (bicyclic) bond motifs is 2. The van der Waals surface area contributed by atoms with E-state index in [0.29, 0.717) is 22.5 Å². The van der Waals surface area contributed by atoms with E-state index in [4.69, 9.17) is 10.00 Å². The van der Waals surface area contributed by atoms with Crippen molar-refractivity contribution in [1.29, 1.82) is 5.26 Å². The molecule has 80 valence electrons. The van der Waals surface area contributed by atoms with Crippen LogP contribution < -0.4 is 15.7 Å². The molecule has 0 saturated carbocycles. The molecule has 0 radical (unpaired) electrons. The molecule has 0 aliphatic carbocycles. The lowest BCUT2D eigenvalue weighted by molar-refractivity contribution is 0.480. The molecule has 0 amide bonds. The molecule has 0 unspecified atom stereocenters. The van der Waals surface area contributed by atoms with E-state index in [1.165, 1.54) is 0 Å². The zero-order valence-electron chi connectivity index (χ0n) is 8.92. The quantitative estimate of drug-likeness (QED) is 0.668. The summed E-state index contributed by atoms with van der Waals surface area (Å²) in [6.45, 7) is -0.733. The van der Waals surface area contributed by atoms with Crippen LogP contribution in [0.15, 0.2) is 42.5 Å². The van der Waals surface area contributed by atoms with Gasteiger partial charge in [-0.25, -0.2) is 0 Å². The smallest absolute Gasteiger partial charge is 0.366 e. The number of para-hydroxylation sites is 1. The number of nitriles is 1. The van der Waals surface area contributed by atoms with Gasteiger partial charge in [0.1, 0.15) is 11.5 Å². The van der Waals surface area contributed by atoms with Crippen LogP contribution in [0.2, 0.25) is 0 Å². The van der Waals surface area contributed by atoms with Gasteiger partial charge in [0.2, 0.25) is 0 Å². The third kappa shape index (κ3) is 1.49. The summed E-state index contributed by atoms with van der Waals surface area (Å²) >= 11 is 0. The summed E-state index contributed by atoms with van der Waals surface area (Å²) < 4.78 is 5.68. The maximum Gasteiger partial charge on any atom is 0.366 e. The Kier molecular flexibility index (Phi) is 2.14. The Balaban J connectivity index is 2.17. The third-order valence-electron chi connectivity index (χ3n) is 2.87. The van der Waals surface area contributed by atoms with Gasteiger partial charge in [0.25, 0.3) is 0 Å². The first-order chi connectivity index (χ1) is 8.29. The van der Waals surface area contributed by atoms with Crippen molar-refractivity contribution in [1.82, 2.24) is 0 Å². The summed E-state index contributed by atoms with van der Waals surface area (Å²) in [5.74, 6) is 1.27. The Hall–Kier alpha value is -2.25. The Labute approximate surface area is 99.0 Å². The predicted molar refractivity (Wildman–Crippen MR) is 64.9 cm³/mol. The van der Waals surface area contributed by atoms with Crippen molar-refractivity contribution in [2.75, 3.05) is 0 Å². The summed E-state index contributed by atoms with van der Waals surface area (Å²) in [6, 6.07) is 14.5. The fraction of sp³-hybridized carbons (Fsp3) is 0. The van der Waals surface area contributed by atoms with Crippen LogP contribution in [-0.2, 0) is 0 Å². The van der Waals surface area contributed by atoms with Gasteiger partial charge in [-0.3, -0.25) is 0 Å². The average Bonchev–Trinajstić information content (AvgIpc) is 2.39. The fourth-order valence-corrected chi connectivity index (χ4v) is 2.01. The summed E-state index contributed by atoms with van der Waals surface area (Å²) in [5, 5.41) is 19.1. The molecule has 0 bridgehead atoms. The molecule has 2 aromatic rings. The first-order valence-corrected chi connectivity index (χ1v) is 5.28. The fourth-order valence-electron chi connectivity index (χ4n) is 2.01. The highest BCUT2D eigenvalue weighted by Crippen LogP contribution is 2.23. The van der Waals surface area contributed by atoms with Gasteiger partial charge in [-0.1, -0.05) is 18.2 Å². The van der Waals surface area contributed by atoms with Crippen molar-refractivity contribution in [2.24, 2.45) is 0 Å². The van der Waals surface area contributed by atoms with Crippen molar-refractivity contribution < 1.29 is 9.76 Å². The van der Waals surface area contributed by atoms with Crippen LogP contribution >= 0.6 is 0 Å². The second kappa shape index (κ2) is 3.65. The van der Waals surface area contributed by atoms with E-state index < -0.39 is 6.92 Å². The van der Waals surface area contributed by atoms with E-state index in [9.17, 15) is 5.02 Å². The third-order valence-corrected chi connectivity index (χ3v) is 2.87. The second-order valence-electron chi connectivity index (χ2n) is 3.91. The van der Waals surface area contributed by atoms with Crippen LogP contribution in [-0.4, -0.2) is 11.9 Å². The van der Waals surface area contributed by atoms with Crippen molar-refractivity contribution in [3.63, 3.8) is 0 Å². The van der Waals surface area contributed by atoms with Crippen molar-refractivity contribution in [3.8, 4) is 17.6 Å². The van der Waals surface area contributed by atoms with Gasteiger partial charge in [-0.05, 0) is 35.2 Å². The molecule has 0 aromatic heterocycles. The summed E-state index contributed by atoms with van der Waals surface area (Å²) in [7, 11) is 0. The number of benzene rings is 2. The standard InChI is InChI=1S/C13H8BNO2/c15-8-9-5-6-13-11(7-9)14(16)10-3-1-2-4-12(10)17-13/h1-7,16H. The van der Waals surface area contributed by atoms with Gasteiger partial charge < -0.3 is 9.76 Å². The molecule has 0 spiro atoms. The molecule has 1 aliphatic rings. The van der Waals surface area contributed by atoms with E-state index in [0.717, 1.165) is 5.46 Å². The molecular weight excluding hydrogens is 213 g/mol. The first-order valence-electron chi connectivity index (χ1n) is 5.28. The highest BCUT2D eigenvalue weighted by molar-refractivity contribution is 6.80. The highest BCUT2D eigenvalue weighted by atomic mass is 16.5. The van der Waals surface area contributed by atoms with Gasteiger partial charge in [-0.15, -0.1) is 0 Å². The maximum absolute atomic E-state index is 10.2. The molecule has 17 heavy (non-hydrogen) atoms. The zero-order valence-corrected chi connectivity index (χ0v) is 8.92. The lowest BCUT2D eigenvalue weighted by atomic mass is 9.54. The predicted octanol–water partition coefficient (Wildman–Crippen LogP) is 0.762. The SMILES string of the molecule is N#Cc1ccc2c(c1)B(O)c1ccccc1O2. The highest BCUT2D eigenvalue weighted by Gasteiger charge is 2.29. The topological polar surface area (TPSA) is 53.2 Å². The summed E-state index contributed by atoms with van der Waals surface area (Å²) in [4.78, 5) is 0. The molecule has 1 heterocycles. The van der Waals surface area contributed by atoms with Crippen LogP contribution in [0.3, 0.4) is 0 Å². The van der Waals surface area contributed by atoms with Gasteiger partial charge >= 0.3 is 6.92 Å². The Morgan fingerprint density at radius 1 is 1.06 bits per heavy atom. The lowest BCUT2D eigenvalue weighted by Crippen LogP contribution is -2.46. The molecule has 3 nitrogen and oxygen atoms in total. The van der Waals surface area contributed by atoms with E-state index in [-0.39, 0.29) is 0 Å². The van der Waals surface area contributed by atoms with Gasteiger partial charge in [0.05, 0.1) is 11.6 Å². The largest absolute Gasteiger partial charge is 0.458 e. The average molecular weight is 221 g/mol. The Bertz CT molecular complexity index is 634. The van der Waals surface area contributed by atoms with Crippen LogP contribution in [0.25, 0.3) is 0 Å². The normalized spacial score (nSPS) is 12.1. The van der Waals surface area contributed by atoms with Crippen molar-refractivity contribution >= 4 is 17.8 Å². The molecule has 2 aromatic carbocycles. The zero-order chi connectivity index (χ0) is 11.8. The molecule has 4 heteroatoms. The van der Waals surface area contributed by atoms with E-state index in [1.807, 2.05) is 24.3 Å². The number of rotatable bonds is 0. The Morgan fingerprint density at radius 3 is 2.65 bits per heavy atom. The summed E-state index contributed by atoms with van der Waals surface area (Å²) in [5.41, 5.74) is 1.89. The molecule has 0 fully saturated rings. The molecular formula is C13H8BNO2. The monoisotopic (exact) mass is 221 g/mol. The number of hydrogen-bond acceptors (Lipinski definition) is 3. The van der Waals surface area contributed by atoms with Crippen molar-refractivity contribution in [2.45, 2.75) is 0 Å². The van der Waals surface area contributed by atoms with Gasteiger partial charge in [-0.2, -0.15) is 5.26 Å².